The second-order valence-electron chi connectivity index (χ2n) is 6.88. The number of hydrogen-bond acceptors (Lipinski definition) is 4. The Kier molecular flexibility index (Phi) is 5.47. The molecule has 3 aromatic rings. The number of carbonyl (C=O) groups is 2. The zero-order valence-electron chi connectivity index (χ0n) is 15.8. The van der Waals surface area contributed by atoms with Crippen LogP contribution in [-0.2, 0) is 11.3 Å². The summed E-state index contributed by atoms with van der Waals surface area (Å²) in [6.45, 7) is 0.974. The SMILES string of the molecule is O=C(NCc1cccnc1)Nc1cc(N2C[C@@H](c3ccccc3)CC2=O)ccn1. The quantitative estimate of drug-likeness (QED) is 0.703. The summed E-state index contributed by atoms with van der Waals surface area (Å²) in [6, 6.07) is 16.9. The van der Waals surface area contributed by atoms with Crippen LogP contribution in [0.3, 0.4) is 0 Å². The molecule has 1 atom stereocenters. The fraction of sp³-hybridized carbons (Fsp3) is 0.182. The third-order valence-electron chi connectivity index (χ3n) is 4.87. The summed E-state index contributed by atoms with van der Waals surface area (Å²) in [5.74, 6) is 0.621. The minimum atomic E-state index is -0.367. The lowest BCUT2D eigenvalue weighted by atomic mass is 9.99. The molecule has 0 spiro atoms. The number of hydrogen-bond donors (Lipinski definition) is 2. The van der Waals surface area contributed by atoms with Crippen LogP contribution >= 0.6 is 0 Å². The van der Waals surface area contributed by atoms with Crippen molar-refractivity contribution in [2.45, 2.75) is 18.9 Å². The molecule has 2 aromatic heterocycles. The van der Waals surface area contributed by atoms with E-state index in [0.29, 0.717) is 25.3 Å². The fourth-order valence-corrected chi connectivity index (χ4v) is 3.41. The molecule has 1 aliphatic rings. The van der Waals surface area contributed by atoms with Gasteiger partial charge in [0.05, 0.1) is 0 Å². The molecule has 0 radical (unpaired) electrons. The zero-order chi connectivity index (χ0) is 20.1. The molecule has 1 fully saturated rings. The largest absolute Gasteiger partial charge is 0.334 e. The topological polar surface area (TPSA) is 87.2 Å². The van der Waals surface area contributed by atoms with Gasteiger partial charge in [-0.05, 0) is 23.3 Å². The van der Waals surface area contributed by atoms with Gasteiger partial charge >= 0.3 is 6.03 Å². The van der Waals surface area contributed by atoms with Crippen molar-refractivity contribution in [1.82, 2.24) is 15.3 Å². The molecule has 2 N–H and O–H groups in total. The van der Waals surface area contributed by atoms with E-state index in [4.69, 9.17) is 0 Å². The van der Waals surface area contributed by atoms with Gasteiger partial charge in [-0.3, -0.25) is 15.1 Å². The van der Waals surface area contributed by atoms with Crippen molar-refractivity contribution in [3.63, 3.8) is 0 Å². The summed E-state index contributed by atoms with van der Waals surface area (Å²) < 4.78 is 0. The summed E-state index contributed by atoms with van der Waals surface area (Å²) in [4.78, 5) is 34.7. The number of benzene rings is 1. The number of nitrogens with one attached hydrogen (secondary N) is 2. The Morgan fingerprint density at radius 3 is 2.76 bits per heavy atom. The highest BCUT2D eigenvalue weighted by molar-refractivity contribution is 5.97. The molecule has 7 nitrogen and oxygen atoms in total. The Labute approximate surface area is 168 Å². The molecule has 7 heteroatoms. The van der Waals surface area contributed by atoms with Crippen LogP contribution in [0.25, 0.3) is 0 Å². The van der Waals surface area contributed by atoms with E-state index in [-0.39, 0.29) is 17.9 Å². The van der Waals surface area contributed by atoms with Gasteiger partial charge in [-0.2, -0.15) is 0 Å². The molecule has 0 bridgehead atoms. The van der Waals surface area contributed by atoms with Crippen LogP contribution in [0.1, 0.15) is 23.5 Å². The van der Waals surface area contributed by atoms with Crippen molar-refractivity contribution in [2.24, 2.45) is 0 Å². The molecule has 4 rings (SSSR count). The molecule has 3 heterocycles. The van der Waals surface area contributed by atoms with Crippen LogP contribution in [0.4, 0.5) is 16.3 Å². The molecule has 1 saturated heterocycles. The predicted octanol–water partition coefficient (Wildman–Crippen LogP) is 3.32. The lowest BCUT2D eigenvalue weighted by molar-refractivity contribution is -0.117. The molecule has 0 saturated carbocycles. The number of pyridine rings is 2. The van der Waals surface area contributed by atoms with Gasteiger partial charge in [-0.1, -0.05) is 36.4 Å². The standard InChI is InChI=1S/C22H21N5O2/c28-21-11-18(17-6-2-1-3-7-17)15-27(21)19-8-10-24-20(12-19)26-22(29)25-14-16-5-4-9-23-13-16/h1-10,12-13,18H,11,14-15H2,(H2,24,25,26,29)/t18-/m0/s1. The van der Waals surface area contributed by atoms with Crippen LogP contribution in [-0.4, -0.2) is 28.5 Å². The van der Waals surface area contributed by atoms with Crippen molar-refractivity contribution in [1.29, 1.82) is 0 Å². The smallest absolute Gasteiger partial charge is 0.320 e. The number of carbonyl (C=O) groups excluding carboxylic acids is 2. The van der Waals surface area contributed by atoms with Crippen molar-refractivity contribution in [2.75, 3.05) is 16.8 Å². The Morgan fingerprint density at radius 1 is 1.10 bits per heavy atom. The number of rotatable bonds is 5. The van der Waals surface area contributed by atoms with Crippen LogP contribution < -0.4 is 15.5 Å². The number of amides is 3. The summed E-state index contributed by atoms with van der Waals surface area (Å²) in [6.07, 6.45) is 5.44. The number of anilines is 2. The van der Waals surface area contributed by atoms with Gasteiger partial charge in [0.15, 0.2) is 0 Å². The maximum atomic E-state index is 12.6. The second-order valence-corrected chi connectivity index (χ2v) is 6.88. The fourth-order valence-electron chi connectivity index (χ4n) is 3.41. The van der Waals surface area contributed by atoms with Gasteiger partial charge in [0.2, 0.25) is 5.91 Å². The molecule has 146 valence electrons. The normalized spacial score (nSPS) is 15.9. The van der Waals surface area contributed by atoms with Crippen molar-refractivity contribution >= 4 is 23.4 Å². The minimum absolute atomic E-state index is 0.0667. The van der Waals surface area contributed by atoms with Crippen molar-refractivity contribution in [3.05, 3.63) is 84.3 Å². The van der Waals surface area contributed by atoms with Gasteiger partial charge < -0.3 is 10.2 Å². The maximum absolute atomic E-state index is 12.6. The predicted molar refractivity (Wildman–Crippen MR) is 110 cm³/mol. The minimum Gasteiger partial charge on any atom is -0.334 e. The third kappa shape index (κ3) is 4.57. The highest BCUT2D eigenvalue weighted by Gasteiger charge is 2.31. The molecule has 0 unspecified atom stereocenters. The molecular formula is C22H21N5O2. The first-order valence-corrected chi connectivity index (χ1v) is 9.44. The second kappa shape index (κ2) is 8.52. The molecular weight excluding hydrogens is 366 g/mol. The number of nitrogens with zero attached hydrogens (tertiary/aromatic N) is 3. The van der Waals surface area contributed by atoms with E-state index in [2.05, 4.69) is 20.6 Å². The van der Waals surface area contributed by atoms with E-state index in [9.17, 15) is 9.59 Å². The van der Waals surface area contributed by atoms with Crippen molar-refractivity contribution in [3.8, 4) is 0 Å². The van der Waals surface area contributed by atoms with E-state index in [1.807, 2.05) is 42.5 Å². The van der Waals surface area contributed by atoms with Gasteiger partial charge in [0, 0.05) is 55.8 Å². The third-order valence-corrected chi connectivity index (χ3v) is 4.87. The van der Waals surface area contributed by atoms with E-state index < -0.39 is 0 Å². The van der Waals surface area contributed by atoms with E-state index in [1.165, 1.54) is 0 Å². The Hall–Kier alpha value is -3.74. The summed E-state index contributed by atoms with van der Waals surface area (Å²) in [5.41, 5.74) is 2.79. The van der Waals surface area contributed by atoms with Crippen LogP contribution in [0.15, 0.2) is 73.2 Å². The maximum Gasteiger partial charge on any atom is 0.320 e. The number of urea groups is 1. The van der Waals surface area contributed by atoms with Crippen molar-refractivity contribution < 1.29 is 9.59 Å². The average molecular weight is 387 g/mol. The number of aromatic nitrogens is 2. The van der Waals surface area contributed by atoms with Gasteiger partial charge in [0.25, 0.3) is 0 Å². The first-order valence-electron chi connectivity index (χ1n) is 9.44. The first-order chi connectivity index (χ1) is 14.2. The summed E-state index contributed by atoms with van der Waals surface area (Å²) in [5, 5.41) is 5.48. The lowest BCUT2D eigenvalue weighted by Gasteiger charge is -2.18. The molecule has 1 aliphatic heterocycles. The Balaban J connectivity index is 1.39. The molecule has 0 aliphatic carbocycles. The van der Waals surface area contributed by atoms with Crippen LogP contribution in [0, 0.1) is 0 Å². The van der Waals surface area contributed by atoms with E-state index in [1.54, 1.807) is 35.6 Å². The molecule has 29 heavy (non-hydrogen) atoms. The van der Waals surface area contributed by atoms with Crippen LogP contribution in [0.2, 0.25) is 0 Å². The lowest BCUT2D eigenvalue weighted by Crippen LogP contribution is -2.29. The summed E-state index contributed by atoms with van der Waals surface area (Å²) >= 11 is 0. The average Bonchev–Trinajstić information content (AvgIpc) is 3.15. The van der Waals surface area contributed by atoms with Gasteiger partial charge in [0.1, 0.15) is 5.82 Å². The monoisotopic (exact) mass is 387 g/mol. The van der Waals surface area contributed by atoms with E-state index in [0.717, 1.165) is 16.8 Å². The van der Waals surface area contributed by atoms with Crippen LogP contribution in [0.5, 0.6) is 0 Å². The summed E-state index contributed by atoms with van der Waals surface area (Å²) in [7, 11) is 0. The molecule has 1 aromatic carbocycles. The van der Waals surface area contributed by atoms with Gasteiger partial charge in [-0.25, -0.2) is 9.78 Å². The Bertz CT molecular complexity index is 994. The highest BCUT2D eigenvalue weighted by atomic mass is 16.2. The Morgan fingerprint density at radius 2 is 1.97 bits per heavy atom. The zero-order valence-corrected chi connectivity index (χ0v) is 15.8. The van der Waals surface area contributed by atoms with E-state index >= 15 is 0 Å². The molecule has 3 amide bonds. The van der Waals surface area contributed by atoms with Gasteiger partial charge in [-0.15, -0.1) is 0 Å². The highest BCUT2D eigenvalue weighted by Crippen LogP contribution is 2.32. The first kappa shape index (κ1) is 18.6.